The van der Waals surface area contributed by atoms with Gasteiger partial charge in [0.05, 0.1) is 9.82 Å². The molecule has 0 bridgehead atoms. The minimum absolute atomic E-state index is 0.108. The fourth-order valence-corrected chi connectivity index (χ4v) is 4.50. The van der Waals surface area contributed by atoms with Crippen molar-refractivity contribution < 1.29 is 13.3 Å². The van der Waals surface area contributed by atoms with E-state index in [9.17, 15) is 18.5 Å². The molecule has 1 fully saturated rings. The van der Waals surface area contributed by atoms with Crippen molar-refractivity contribution in [3.63, 3.8) is 0 Å². The van der Waals surface area contributed by atoms with E-state index < -0.39 is 14.9 Å². The summed E-state index contributed by atoms with van der Waals surface area (Å²) in [6.07, 6.45) is 2.44. The first-order valence-electron chi connectivity index (χ1n) is 9.35. The van der Waals surface area contributed by atoms with E-state index >= 15 is 0 Å². The monoisotopic (exact) mass is 403 g/mol. The average molecular weight is 404 g/mol. The van der Waals surface area contributed by atoms with Crippen LogP contribution in [-0.4, -0.2) is 26.4 Å². The van der Waals surface area contributed by atoms with Gasteiger partial charge in [0.2, 0.25) is 10.0 Å². The number of nitrogens with one attached hydrogen (secondary N) is 1. The zero-order valence-corrected chi connectivity index (χ0v) is 16.9. The normalized spacial score (nSPS) is 17.5. The second-order valence-electron chi connectivity index (χ2n) is 7.39. The van der Waals surface area contributed by atoms with E-state index in [0.717, 1.165) is 30.4 Å². The van der Waals surface area contributed by atoms with Crippen molar-refractivity contribution in [3.8, 4) is 0 Å². The van der Waals surface area contributed by atoms with Crippen LogP contribution in [0.4, 0.5) is 11.4 Å². The molecule has 150 valence electrons. The summed E-state index contributed by atoms with van der Waals surface area (Å²) in [5.41, 5.74) is 2.20. The van der Waals surface area contributed by atoms with Gasteiger partial charge >= 0.3 is 0 Å². The molecule has 0 radical (unpaired) electrons. The van der Waals surface area contributed by atoms with Crippen LogP contribution in [-0.2, 0) is 16.6 Å². The van der Waals surface area contributed by atoms with E-state index in [1.54, 1.807) is 6.92 Å². The summed E-state index contributed by atoms with van der Waals surface area (Å²) in [6.45, 7) is 6.04. The Morgan fingerprint density at radius 2 is 1.93 bits per heavy atom. The quantitative estimate of drug-likeness (QED) is 0.587. The Hall–Kier alpha value is -2.45. The molecule has 1 aliphatic heterocycles. The first kappa shape index (κ1) is 20.3. The van der Waals surface area contributed by atoms with Gasteiger partial charge in [-0.3, -0.25) is 10.1 Å². The van der Waals surface area contributed by atoms with Crippen molar-refractivity contribution in [2.75, 3.05) is 18.0 Å². The van der Waals surface area contributed by atoms with Gasteiger partial charge in [0, 0.05) is 37.0 Å². The Balaban J connectivity index is 1.68. The third-order valence-corrected chi connectivity index (χ3v) is 6.51. The molecule has 0 aromatic heterocycles. The highest BCUT2D eigenvalue weighted by Gasteiger charge is 2.20. The third-order valence-electron chi connectivity index (χ3n) is 5.11. The number of benzene rings is 2. The lowest BCUT2D eigenvalue weighted by Gasteiger charge is -2.32. The summed E-state index contributed by atoms with van der Waals surface area (Å²) < 4.78 is 27.5. The molecule has 28 heavy (non-hydrogen) atoms. The topological polar surface area (TPSA) is 92.6 Å². The summed E-state index contributed by atoms with van der Waals surface area (Å²) in [7, 11) is -3.83. The number of nitro groups is 1. The second kappa shape index (κ2) is 8.28. The zero-order chi connectivity index (χ0) is 20.3. The van der Waals surface area contributed by atoms with Crippen LogP contribution in [0.25, 0.3) is 0 Å². The number of aryl methyl sites for hydroxylation is 1. The van der Waals surface area contributed by atoms with Crippen LogP contribution in [0.15, 0.2) is 47.4 Å². The van der Waals surface area contributed by atoms with Gasteiger partial charge in [-0.05, 0) is 49.4 Å². The summed E-state index contributed by atoms with van der Waals surface area (Å²) in [6, 6.07) is 11.8. The van der Waals surface area contributed by atoms with Gasteiger partial charge < -0.3 is 4.90 Å². The zero-order valence-electron chi connectivity index (χ0n) is 16.1. The summed E-state index contributed by atoms with van der Waals surface area (Å²) in [5.74, 6) is 0.679. The van der Waals surface area contributed by atoms with Gasteiger partial charge in [0.1, 0.15) is 0 Å². The smallest absolute Gasteiger partial charge is 0.273 e. The fraction of sp³-hybridized carbons (Fsp3) is 0.400. The molecule has 1 saturated heterocycles. The van der Waals surface area contributed by atoms with Crippen LogP contribution in [0.2, 0.25) is 0 Å². The van der Waals surface area contributed by atoms with E-state index in [2.05, 4.69) is 16.5 Å². The van der Waals surface area contributed by atoms with Crippen molar-refractivity contribution in [2.45, 2.75) is 38.1 Å². The number of nitrogens with zero attached hydrogens (tertiary/aromatic N) is 2. The SMILES string of the molecule is Cc1ccc(S(=O)(=O)NCc2ccc(N3CCC[C@@H](C)C3)cc2)cc1[N+](=O)[O-]. The van der Waals surface area contributed by atoms with Gasteiger partial charge in [0.15, 0.2) is 0 Å². The van der Waals surface area contributed by atoms with Crippen LogP contribution in [0.3, 0.4) is 0 Å². The van der Waals surface area contributed by atoms with Crippen molar-refractivity contribution in [3.05, 3.63) is 63.7 Å². The fourth-order valence-electron chi connectivity index (χ4n) is 3.46. The standard InChI is InChI=1S/C20H25N3O4S/c1-15-4-3-11-22(14-15)18-8-6-17(7-9-18)13-21-28(26,27)19-10-5-16(2)20(12-19)23(24)25/h5-10,12,15,21H,3-4,11,13-14H2,1-2H3/t15-/m1/s1. The minimum atomic E-state index is -3.83. The molecule has 7 nitrogen and oxygen atoms in total. The molecule has 0 saturated carbocycles. The van der Waals surface area contributed by atoms with Gasteiger partial charge in [0.25, 0.3) is 5.69 Å². The maximum Gasteiger partial charge on any atom is 0.273 e. The van der Waals surface area contributed by atoms with Crippen LogP contribution in [0, 0.1) is 23.0 Å². The molecule has 0 spiro atoms. The molecule has 0 amide bonds. The van der Waals surface area contributed by atoms with E-state index in [1.165, 1.54) is 25.0 Å². The van der Waals surface area contributed by atoms with Gasteiger partial charge in [-0.2, -0.15) is 0 Å². The molecule has 0 unspecified atom stereocenters. The van der Waals surface area contributed by atoms with Gasteiger partial charge in [-0.1, -0.05) is 25.1 Å². The van der Waals surface area contributed by atoms with Crippen molar-refractivity contribution in [1.29, 1.82) is 0 Å². The Morgan fingerprint density at radius 3 is 2.57 bits per heavy atom. The van der Waals surface area contributed by atoms with Crippen molar-refractivity contribution in [2.24, 2.45) is 5.92 Å². The molecule has 1 heterocycles. The second-order valence-corrected chi connectivity index (χ2v) is 9.16. The van der Waals surface area contributed by atoms with Crippen LogP contribution in [0.1, 0.15) is 30.9 Å². The highest BCUT2D eigenvalue weighted by atomic mass is 32.2. The predicted octanol–water partition coefficient (Wildman–Crippen LogP) is 3.62. The first-order chi connectivity index (χ1) is 13.3. The molecule has 3 rings (SSSR count). The molecule has 2 aromatic rings. The Bertz CT molecular complexity index is 958. The Morgan fingerprint density at radius 1 is 1.21 bits per heavy atom. The first-order valence-corrected chi connectivity index (χ1v) is 10.8. The molecule has 2 aromatic carbocycles. The molecule has 8 heteroatoms. The number of hydrogen-bond acceptors (Lipinski definition) is 5. The number of piperidine rings is 1. The average Bonchev–Trinajstić information content (AvgIpc) is 2.67. The van der Waals surface area contributed by atoms with E-state index in [-0.39, 0.29) is 17.1 Å². The van der Waals surface area contributed by atoms with Crippen LogP contribution >= 0.6 is 0 Å². The van der Waals surface area contributed by atoms with E-state index in [0.29, 0.717) is 11.5 Å². The molecule has 1 N–H and O–H groups in total. The highest BCUT2D eigenvalue weighted by Crippen LogP contribution is 2.24. The number of nitro benzene ring substituents is 1. The largest absolute Gasteiger partial charge is 0.371 e. The lowest BCUT2D eigenvalue weighted by Crippen LogP contribution is -2.34. The Kier molecular flexibility index (Phi) is 6.00. The molecule has 1 atom stereocenters. The minimum Gasteiger partial charge on any atom is -0.371 e. The van der Waals surface area contributed by atoms with E-state index in [4.69, 9.17) is 0 Å². The molecule has 1 aliphatic rings. The number of hydrogen-bond donors (Lipinski definition) is 1. The maximum absolute atomic E-state index is 12.5. The predicted molar refractivity (Wildman–Crippen MR) is 109 cm³/mol. The summed E-state index contributed by atoms with van der Waals surface area (Å²) >= 11 is 0. The Labute approximate surface area is 165 Å². The third kappa shape index (κ3) is 4.69. The summed E-state index contributed by atoms with van der Waals surface area (Å²) in [4.78, 5) is 12.7. The van der Waals surface area contributed by atoms with Crippen LogP contribution in [0.5, 0.6) is 0 Å². The van der Waals surface area contributed by atoms with Crippen LogP contribution < -0.4 is 9.62 Å². The molecular weight excluding hydrogens is 378 g/mol. The molecular formula is C20H25N3O4S. The molecule has 0 aliphatic carbocycles. The van der Waals surface area contributed by atoms with E-state index in [1.807, 2.05) is 24.3 Å². The lowest BCUT2D eigenvalue weighted by molar-refractivity contribution is -0.385. The lowest BCUT2D eigenvalue weighted by atomic mass is 9.99. The van der Waals surface area contributed by atoms with Crippen molar-refractivity contribution >= 4 is 21.4 Å². The van der Waals surface area contributed by atoms with Gasteiger partial charge in [-0.25, -0.2) is 13.1 Å². The van der Waals surface area contributed by atoms with Gasteiger partial charge in [-0.15, -0.1) is 0 Å². The number of anilines is 1. The maximum atomic E-state index is 12.5. The summed E-state index contributed by atoms with van der Waals surface area (Å²) in [5, 5.41) is 11.0. The number of sulfonamides is 1. The highest BCUT2D eigenvalue weighted by molar-refractivity contribution is 7.89. The number of rotatable bonds is 6. The van der Waals surface area contributed by atoms with Crippen molar-refractivity contribution in [1.82, 2.24) is 4.72 Å².